The van der Waals surface area contributed by atoms with E-state index >= 15 is 0 Å². The van der Waals surface area contributed by atoms with Gasteiger partial charge in [0.25, 0.3) is 5.91 Å². The first-order chi connectivity index (χ1) is 11.1. The van der Waals surface area contributed by atoms with Gasteiger partial charge in [-0.25, -0.2) is 0 Å². The zero-order chi connectivity index (χ0) is 16.3. The Morgan fingerprint density at radius 2 is 1.96 bits per heavy atom. The first-order valence-electron chi connectivity index (χ1n) is 8.48. The maximum Gasteiger partial charge on any atom is 0.255 e. The molecule has 126 valence electrons. The Bertz CT molecular complexity index is 560. The van der Waals surface area contributed by atoms with Crippen molar-refractivity contribution < 1.29 is 9.90 Å². The van der Waals surface area contributed by atoms with Crippen LogP contribution in [0, 0.1) is 0 Å². The van der Waals surface area contributed by atoms with Gasteiger partial charge in [-0.15, -0.1) is 11.8 Å². The van der Waals surface area contributed by atoms with Crippen molar-refractivity contribution in [1.29, 1.82) is 0 Å². The van der Waals surface area contributed by atoms with Gasteiger partial charge < -0.3 is 14.9 Å². The average molecular weight is 334 g/mol. The van der Waals surface area contributed by atoms with Gasteiger partial charge in [0.05, 0.1) is 17.7 Å². The van der Waals surface area contributed by atoms with Crippen LogP contribution in [0.5, 0.6) is 0 Å². The molecule has 1 atom stereocenters. The minimum atomic E-state index is -0.757. The van der Waals surface area contributed by atoms with Crippen LogP contribution in [-0.4, -0.2) is 65.4 Å². The molecule has 1 amide bonds. The number of piperidine rings is 1. The summed E-state index contributed by atoms with van der Waals surface area (Å²) in [5.41, 5.74) is -0.00237. The van der Waals surface area contributed by atoms with Crippen molar-refractivity contribution >= 4 is 17.7 Å². The Morgan fingerprint density at radius 3 is 2.70 bits per heavy atom. The second-order valence-electron chi connectivity index (χ2n) is 6.74. The highest BCUT2D eigenvalue weighted by Crippen LogP contribution is 2.27. The van der Waals surface area contributed by atoms with Crippen molar-refractivity contribution in [1.82, 2.24) is 9.80 Å². The smallest absolute Gasteiger partial charge is 0.255 e. The summed E-state index contributed by atoms with van der Waals surface area (Å²) in [7, 11) is 0. The lowest BCUT2D eigenvalue weighted by Gasteiger charge is -2.41. The molecule has 1 N–H and O–H groups in total. The fourth-order valence-electron chi connectivity index (χ4n) is 3.76. The van der Waals surface area contributed by atoms with Crippen molar-refractivity contribution in [3.05, 3.63) is 29.8 Å². The number of hydrogen-bond acceptors (Lipinski definition) is 4. The standard InChI is InChI=1S/C18H26N2O2S/c1-23-16-8-3-2-7-15(16)17(21)20-12-6-9-18(22,14-20)13-19-10-4-5-11-19/h2-3,7-8,22H,4-6,9-14H2,1H3/t18-/m0/s1. The zero-order valence-electron chi connectivity index (χ0n) is 13.8. The van der Waals surface area contributed by atoms with Gasteiger partial charge in [0, 0.05) is 18.0 Å². The molecule has 0 aromatic heterocycles. The topological polar surface area (TPSA) is 43.8 Å². The molecule has 2 heterocycles. The highest BCUT2D eigenvalue weighted by molar-refractivity contribution is 7.98. The van der Waals surface area contributed by atoms with Gasteiger partial charge >= 0.3 is 0 Å². The molecule has 1 aromatic carbocycles. The van der Waals surface area contributed by atoms with Crippen LogP contribution in [-0.2, 0) is 0 Å². The third kappa shape index (κ3) is 3.90. The molecule has 23 heavy (non-hydrogen) atoms. The Labute approximate surface area is 142 Å². The summed E-state index contributed by atoms with van der Waals surface area (Å²) in [5, 5.41) is 11.0. The molecule has 4 nitrogen and oxygen atoms in total. The predicted octanol–water partition coefficient (Wildman–Crippen LogP) is 2.47. The summed E-state index contributed by atoms with van der Waals surface area (Å²) in [4.78, 5) is 18.1. The van der Waals surface area contributed by atoms with Gasteiger partial charge in [0.1, 0.15) is 0 Å². The van der Waals surface area contributed by atoms with E-state index in [0.29, 0.717) is 13.1 Å². The minimum absolute atomic E-state index is 0.0505. The number of nitrogens with zero attached hydrogens (tertiary/aromatic N) is 2. The summed E-state index contributed by atoms with van der Waals surface area (Å²) in [5.74, 6) is 0.0505. The largest absolute Gasteiger partial charge is 0.387 e. The third-order valence-electron chi connectivity index (χ3n) is 4.90. The predicted molar refractivity (Wildman–Crippen MR) is 94.0 cm³/mol. The molecule has 5 heteroatoms. The van der Waals surface area contributed by atoms with E-state index in [0.717, 1.165) is 42.9 Å². The first kappa shape index (κ1) is 16.8. The SMILES string of the molecule is CSc1ccccc1C(=O)N1CCC[C@](O)(CN2CCCC2)C1. The molecule has 2 aliphatic rings. The van der Waals surface area contributed by atoms with E-state index in [9.17, 15) is 9.90 Å². The lowest BCUT2D eigenvalue weighted by molar-refractivity contribution is -0.0431. The molecule has 0 aliphatic carbocycles. The number of hydrogen-bond donors (Lipinski definition) is 1. The van der Waals surface area contributed by atoms with Crippen molar-refractivity contribution in [3.63, 3.8) is 0 Å². The molecule has 0 radical (unpaired) electrons. The van der Waals surface area contributed by atoms with Crippen LogP contribution in [0.25, 0.3) is 0 Å². The highest BCUT2D eigenvalue weighted by Gasteiger charge is 2.37. The van der Waals surface area contributed by atoms with Gasteiger partial charge in [-0.3, -0.25) is 4.79 Å². The number of rotatable bonds is 4. The fraction of sp³-hybridized carbons (Fsp3) is 0.611. The van der Waals surface area contributed by atoms with Crippen molar-refractivity contribution in [2.75, 3.05) is 39.0 Å². The van der Waals surface area contributed by atoms with Crippen molar-refractivity contribution in [2.24, 2.45) is 0 Å². The normalized spacial score (nSPS) is 25.7. The highest BCUT2D eigenvalue weighted by atomic mass is 32.2. The van der Waals surface area contributed by atoms with E-state index in [1.54, 1.807) is 11.8 Å². The van der Waals surface area contributed by atoms with E-state index in [2.05, 4.69) is 4.90 Å². The van der Waals surface area contributed by atoms with Gasteiger partial charge in [-0.1, -0.05) is 12.1 Å². The van der Waals surface area contributed by atoms with Gasteiger partial charge in [0.2, 0.25) is 0 Å². The molecule has 0 spiro atoms. The molecule has 1 aromatic rings. The molecule has 3 rings (SSSR count). The second-order valence-corrected chi connectivity index (χ2v) is 7.59. The number of benzene rings is 1. The monoisotopic (exact) mass is 334 g/mol. The van der Waals surface area contributed by atoms with Crippen molar-refractivity contribution in [3.8, 4) is 0 Å². The number of amides is 1. The van der Waals surface area contributed by atoms with Gasteiger partial charge in [-0.05, 0) is 57.2 Å². The Kier molecular flexibility index (Phi) is 5.29. The maximum atomic E-state index is 12.9. The summed E-state index contributed by atoms with van der Waals surface area (Å²) < 4.78 is 0. The lowest BCUT2D eigenvalue weighted by atomic mass is 9.91. The third-order valence-corrected chi connectivity index (χ3v) is 5.69. The molecule has 2 fully saturated rings. The van der Waals surface area contributed by atoms with Crippen LogP contribution >= 0.6 is 11.8 Å². The first-order valence-corrected chi connectivity index (χ1v) is 9.71. The van der Waals surface area contributed by atoms with E-state index < -0.39 is 5.60 Å². The van der Waals surface area contributed by atoms with Crippen LogP contribution in [0.4, 0.5) is 0 Å². The van der Waals surface area contributed by atoms with E-state index in [1.807, 2.05) is 35.4 Å². The molecular weight excluding hydrogens is 308 g/mol. The number of carbonyl (C=O) groups excluding carboxylic acids is 1. The quantitative estimate of drug-likeness (QED) is 0.859. The van der Waals surface area contributed by atoms with Gasteiger partial charge in [0.15, 0.2) is 0 Å². The molecule has 0 saturated carbocycles. The molecule has 0 unspecified atom stereocenters. The Balaban J connectivity index is 1.71. The van der Waals surface area contributed by atoms with E-state index in [1.165, 1.54) is 12.8 Å². The lowest BCUT2D eigenvalue weighted by Crippen LogP contribution is -2.55. The summed E-state index contributed by atoms with van der Waals surface area (Å²) >= 11 is 1.60. The Morgan fingerprint density at radius 1 is 1.22 bits per heavy atom. The maximum absolute atomic E-state index is 12.9. The van der Waals surface area contributed by atoms with E-state index in [4.69, 9.17) is 0 Å². The van der Waals surface area contributed by atoms with Crippen LogP contribution < -0.4 is 0 Å². The number of thioether (sulfide) groups is 1. The molecular formula is C18H26N2O2S. The number of likely N-dealkylation sites (tertiary alicyclic amines) is 2. The van der Waals surface area contributed by atoms with Gasteiger partial charge in [-0.2, -0.15) is 0 Å². The minimum Gasteiger partial charge on any atom is -0.387 e. The number of carbonyl (C=O) groups is 1. The zero-order valence-corrected chi connectivity index (χ0v) is 14.6. The molecule has 2 saturated heterocycles. The van der Waals surface area contributed by atoms with Crippen LogP contribution in [0.1, 0.15) is 36.0 Å². The average Bonchev–Trinajstić information content (AvgIpc) is 3.06. The fourth-order valence-corrected chi connectivity index (χ4v) is 4.35. The van der Waals surface area contributed by atoms with Crippen LogP contribution in [0.2, 0.25) is 0 Å². The van der Waals surface area contributed by atoms with E-state index in [-0.39, 0.29) is 5.91 Å². The second kappa shape index (κ2) is 7.24. The number of β-amino-alcohol motifs (C(OH)–C–C–N with tert-alkyl or cyclic N) is 1. The summed E-state index contributed by atoms with van der Waals surface area (Å²) in [6.45, 7) is 4.03. The van der Waals surface area contributed by atoms with Crippen molar-refractivity contribution in [2.45, 2.75) is 36.2 Å². The molecule has 0 bridgehead atoms. The van der Waals surface area contributed by atoms with Crippen LogP contribution in [0.15, 0.2) is 29.2 Å². The summed E-state index contributed by atoms with van der Waals surface area (Å²) in [6, 6.07) is 7.75. The number of aliphatic hydroxyl groups is 1. The Hall–Kier alpha value is -1.04. The molecule has 2 aliphatic heterocycles. The summed E-state index contributed by atoms with van der Waals surface area (Å²) in [6.07, 6.45) is 6.10. The van der Waals surface area contributed by atoms with Crippen LogP contribution in [0.3, 0.4) is 0 Å².